The van der Waals surface area contributed by atoms with Gasteiger partial charge in [-0.05, 0) is 11.6 Å². The Kier molecular flexibility index (Phi) is 4.87. The molecule has 0 amide bonds. The van der Waals surface area contributed by atoms with Crippen molar-refractivity contribution in [2.24, 2.45) is 5.73 Å². The predicted octanol–water partition coefficient (Wildman–Crippen LogP) is 0.180. The number of hydrogen-bond acceptors (Lipinski definition) is 5. The molecule has 0 aliphatic heterocycles. The molecule has 16 heavy (non-hydrogen) atoms. The summed E-state index contributed by atoms with van der Waals surface area (Å²) in [6, 6.07) is 0.840. The smallest absolute Gasteiger partial charge is 0.320 e. The first-order chi connectivity index (χ1) is 6.91. The molecule has 0 aliphatic carbocycles. The van der Waals surface area contributed by atoms with Gasteiger partial charge in [-0.15, -0.1) is 12.4 Å². The molecule has 0 radical (unpaired) electrons. The number of rotatable bonds is 3. The van der Waals surface area contributed by atoms with Crippen LogP contribution in [0.1, 0.15) is 5.56 Å². The Morgan fingerprint density at radius 1 is 1.19 bits per heavy atom. The molecular weight excluding hydrogens is 238 g/mol. The van der Waals surface area contributed by atoms with Crippen LogP contribution in [0, 0.1) is 0 Å². The predicted molar refractivity (Wildman–Crippen MR) is 58.0 cm³/mol. The van der Waals surface area contributed by atoms with Gasteiger partial charge in [0.15, 0.2) is 11.5 Å². The number of phenols is 3. The molecule has 0 heterocycles. The maximum atomic E-state index is 10.4. The summed E-state index contributed by atoms with van der Waals surface area (Å²) >= 11 is 0. The average Bonchev–Trinajstić information content (AvgIpc) is 2.13. The van der Waals surface area contributed by atoms with Gasteiger partial charge in [-0.2, -0.15) is 0 Å². The maximum Gasteiger partial charge on any atom is 0.320 e. The summed E-state index contributed by atoms with van der Waals surface area (Å²) in [5.74, 6) is -2.41. The summed E-state index contributed by atoms with van der Waals surface area (Å²) in [5.41, 5.74) is 5.42. The van der Waals surface area contributed by atoms with E-state index >= 15 is 0 Å². The molecule has 0 aliphatic rings. The van der Waals surface area contributed by atoms with Gasteiger partial charge >= 0.3 is 5.97 Å². The highest BCUT2D eigenvalue weighted by atomic mass is 35.5. The van der Waals surface area contributed by atoms with Crippen LogP contribution < -0.4 is 5.73 Å². The van der Waals surface area contributed by atoms with Crippen LogP contribution in [0.2, 0.25) is 0 Å². The number of aliphatic carboxylic acids is 1. The van der Waals surface area contributed by atoms with Crippen molar-refractivity contribution in [1.82, 2.24) is 0 Å². The molecule has 0 bridgehead atoms. The highest BCUT2D eigenvalue weighted by Crippen LogP contribution is 2.32. The second-order valence-electron chi connectivity index (χ2n) is 3.12. The summed E-state index contributed by atoms with van der Waals surface area (Å²) in [4.78, 5) is 10.4. The van der Waals surface area contributed by atoms with Gasteiger partial charge in [0.1, 0.15) is 11.8 Å². The summed E-state index contributed by atoms with van der Waals surface area (Å²) in [7, 11) is 0. The number of halogens is 1. The van der Waals surface area contributed by atoms with E-state index < -0.39 is 23.5 Å². The second-order valence-corrected chi connectivity index (χ2v) is 3.12. The monoisotopic (exact) mass is 249 g/mol. The molecule has 1 rings (SSSR count). The molecule has 0 spiro atoms. The zero-order valence-electron chi connectivity index (χ0n) is 8.12. The van der Waals surface area contributed by atoms with Gasteiger partial charge in [0.25, 0.3) is 0 Å². The van der Waals surface area contributed by atoms with Gasteiger partial charge in [0.2, 0.25) is 0 Å². The lowest BCUT2D eigenvalue weighted by molar-refractivity contribution is -0.138. The summed E-state index contributed by atoms with van der Waals surface area (Å²) in [5, 5.41) is 36.0. The van der Waals surface area contributed by atoms with Crippen molar-refractivity contribution >= 4 is 18.4 Å². The zero-order valence-corrected chi connectivity index (χ0v) is 8.94. The first-order valence-electron chi connectivity index (χ1n) is 4.14. The Morgan fingerprint density at radius 3 is 2.19 bits per heavy atom. The molecule has 1 unspecified atom stereocenters. The van der Waals surface area contributed by atoms with E-state index in [0.29, 0.717) is 0 Å². The molecule has 0 fully saturated rings. The fourth-order valence-electron chi connectivity index (χ4n) is 1.10. The van der Waals surface area contributed by atoms with Crippen molar-refractivity contribution < 1.29 is 25.2 Å². The third kappa shape index (κ3) is 3.18. The van der Waals surface area contributed by atoms with Crippen LogP contribution in [0.4, 0.5) is 0 Å². The lowest BCUT2D eigenvalue weighted by atomic mass is 10.0. The highest BCUT2D eigenvalue weighted by Gasteiger charge is 2.16. The third-order valence-corrected chi connectivity index (χ3v) is 1.93. The van der Waals surface area contributed by atoms with Crippen LogP contribution in [-0.4, -0.2) is 32.4 Å². The van der Waals surface area contributed by atoms with E-state index in [4.69, 9.17) is 21.1 Å². The number of carboxylic acid groups (broad SMARTS) is 1. The number of nitrogens with two attached hydrogens (primary N) is 1. The molecule has 6 N–H and O–H groups in total. The Bertz CT molecular complexity index is 396. The van der Waals surface area contributed by atoms with Crippen molar-refractivity contribution in [3.8, 4) is 17.2 Å². The van der Waals surface area contributed by atoms with Crippen molar-refractivity contribution in [3.63, 3.8) is 0 Å². The fraction of sp³-hybridized carbons (Fsp3) is 0.222. The SMILES string of the molecule is Cl.NC(Cc1cc(O)c(O)cc1O)C(=O)O. The molecule has 1 atom stereocenters. The van der Waals surface area contributed by atoms with Crippen LogP contribution in [0.3, 0.4) is 0 Å². The number of aromatic hydroxyl groups is 3. The highest BCUT2D eigenvalue weighted by molar-refractivity contribution is 5.85. The van der Waals surface area contributed by atoms with Crippen molar-refractivity contribution in [1.29, 1.82) is 0 Å². The maximum absolute atomic E-state index is 10.4. The van der Waals surface area contributed by atoms with Crippen molar-refractivity contribution in [2.45, 2.75) is 12.5 Å². The van der Waals surface area contributed by atoms with E-state index in [1.807, 2.05) is 0 Å². The Labute approximate surface area is 97.4 Å². The second kappa shape index (κ2) is 5.43. The molecule has 0 saturated heterocycles. The molecule has 7 heteroatoms. The molecule has 90 valence electrons. The van der Waals surface area contributed by atoms with Gasteiger partial charge in [0, 0.05) is 12.5 Å². The molecular formula is C9H12ClNO5. The molecule has 1 aromatic carbocycles. The van der Waals surface area contributed by atoms with E-state index in [1.54, 1.807) is 0 Å². The lowest BCUT2D eigenvalue weighted by Crippen LogP contribution is -2.32. The average molecular weight is 250 g/mol. The minimum absolute atomic E-state index is 0. The number of carboxylic acids is 1. The van der Waals surface area contributed by atoms with Crippen LogP contribution in [0.25, 0.3) is 0 Å². The number of benzene rings is 1. The number of hydrogen-bond donors (Lipinski definition) is 5. The molecule has 1 aromatic rings. The van der Waals surface area contributed by atoms with Gasteiger partial charge in [-0.1, -0.05) is 0 Å². The standard InChI is InChI=1S/C9H11NO5.ClH/c10-5(9(14)15)1-4-2-7(12)8(13)3-6(4)11;/h2-3,5,11-13H,1,10H2,(H,14,15);1H. The number of phenolic OH excluding ortho intramolecular Hbond substituents is 3. The minimum atomic E-state index is -1.21. The third-order valence-electron chi connectivity index (χ3n) is 1.93. The zero-order chi connectivity index (χ0) is 11.6. The van der Waals surface area contributed by atoms with Crippen LogP contribution in [-0.2, 0) is 11.2 Å². The van der Waals surface area contributed by atoms with Gasteiger partial charge in [0.05, 0.1) is 0 Å². The van der Waals surface area contributed by atoms with Crippen LogP contribution in [0.15, 0.2) is 12.1 Å². The fourth-order valence-corrected chi connectivity index (χ4v) is 1.10. The van der Waals surface area contributed by atoms with E-state index in [1.165, 1.54) is 0 Å². The van der Waals surface area contributed by atoms with Crippen molar-refractivity contribution in [2.75, 3.05) is 0 Å². The van der Waals surface area contributed by atoms with E-state index in [-0.39, 0.29) is 30.1 Å². The lowest BCUT2D eigenvalue weighted by Gasteiger charge is -2.09. The van der Waals surface area contributed by atoms with E-state index in [9.17, 15) is 9.90 Å². The quantitative estimate of drug-likeness (QED) is 0.384. The summed E-state index contributed by atoms with van der Waals surface area (Å²) in [6.45, 7) is 0. The first kappa shape index (κ1) is 14.3. The van der Waals surface area contributed by atoms with E-state index in [2.05, 4.69) is 0 Å². The minimum Gasteiger partial charge on any atom is -0.508 e. The molecule has 0 saturated carbocycles. The van der Waals surface area contributed by atoms with Crippen molar-refractivity contribution in [3.05, 3.63) is 17.7 Å². The summed E-state index contributed by atoms with van der Waals surface area (Å²) in [6.07, 6.45) is -0.130. The Balaban J connectivity index is 0.00000225. The number of carbonyl (C=O) groups is 1. The van der Waals surface area contributed by atoms with Crippen LogP contribution in [0.5, 0.6) is 17.2 Å². The molecule has 0 aromatic heterocycles. The Morgan fingerprint density at radius 2 is 1.69 bits per heavy atom. The summed E-state index contributed by atoms with van der Waals surface area (Å²) < 4.78 is 0. The topological polar surface area (TPSA) is 124 Å². The Hall–Kier alpha value is -1.66. The normalized spacial score (nSPS) is 11.6. The first-order valence-corrected chi connectivity index (χ1v) is 4.14. The van der Waals surface area contributed by atoms with E-state index in [0.717, 1.165) is 12.1 Å². The van der Waals surface area contributed by atoms with Gasteiger partial charge in [-0.25, -0.2) is 0 Å². The van der Waals surface area contributed by atoms with Gasteiger partial charge in [-0.3, -0.25) is 4.79 Å². The van der Waals surface area contributed by atoms with Crippen LogP contribution >= 0.6 is 12.4 Å². The largest absolute Gasteiger partial charge is 0.508 e. The molecule has 6 nitrogen and oxygen atoms in total. The van der Waals surface area contributed by atoms with Gasteiger partial charge < -0.3 is 26.2 Å².